The lowest BCUT2D eigenvalue weighted by molar-refractivity contribution is -0.135. The van der Waals surface area contributed by atoms with Crippen molar-refractivity contribution in [2.24, 2.45) is 5.92 Å². The largest absolute Gasteiger partial charge is 0.389 e. The lowest BCUT2D eigenvalue weighted by Crippen LogP contribution is -2.43. The molecule has 0 radical (unpaired) electrons. The Bertz CT molecular complexity index is 229. The van der Waals surface area contributed by atoms with Crippen LogP contribution >= 0.6 is 0 Å². The van der Waals surface area contributed by atoms with E-state index in [2.05, 4.69) is 0 Å². The summed E-state index contributed by atoms with van der Waals surface area (Å²) in [4.78, 5) is 12.0. The summed E-state index contributed by atoms with van der Waals surface area (Å²) in [6.07, 6.45) is 10.1. The maximum atomic E-state index is 12.0. The van der Waals surface area contributed by atoms with Gasteiger partial charge in [0.15, 0.2) is 0 Å². The number of carbonyl (C=O) groups excluding carboxylic acids is 1. The second-order valence-corrected chi connectivity index (χ2v) is 5.28. The van der Waals surface area contributed by atoms with Gasteiger partial charge in [0.2, 0.25) is 0 Å². The average Bonchev–Trinajstić information content (AvgIpc) is 2.44. The fourth-order valence-electron chi connectivity index (χ4n) is 3.24. The van der Waals surface area contributed by atoms with Gasteiger partial charge in [0, 0.05) is 12.3 Å². The van der Waals surface area contributed by atoms with Crippen molar-refractivity contribution in [2.45, 2.75) is 69.8 Å². The summed E-state index contributed by atoms with van der Waals surface area (Å²) in [6, 6.07) is 0. The van der Waals surface area contributed by atoms with Gasteiger partial charge in [-0.25, -0.2) is 0 Å². The molecule has 0 bridgehead atoms. The molecule has 2 aliphatic carbocycles. The van der Waals surface area contributed by atoms with Gasteiger partial charge in [-0.3, -0.25) is 4.79 Å². The van der Waals surface area contributed by atoms with Crippen LogP contribution in [0.5, 0.6) is 0 Å². The number of hydrogen-bond donors (Lipinski definition) is 1. The topological polar surface area (TPSA) is 37.3 Å². The van der Waals surface area contributed by atoms with Crippen LogP contribution in [0.3, 0.4) is 0 Å². The summed E-state index contributed by atoms with van der Waals surface area (Å²) in [5.74, 6) is 0.289. The Morgan fingerprint density at radius 2 is 1.67 bits per heavy atom. The molecule has 0 aromatic rings. The molecule has 2 aliphatic rings. The van der Waals surface area contributed by atoms with Crippen molar-refractivity contribution in [1.29, 1.82) is 0 Å². The molecule has 1 N–H and O–H groups in total. The summed E-state index contributed by atoms with van der Waals surface area (Å²) < 4.78 is 0. The molecule has 2 nitrogen and oxygen atoms in total. The molecule has 0 amide bonds. The molecule has 2 rings (SSSR count). The lowest BCUT2D eigenvalue weighted by atomic mass is 9.72. The number of hydrogen-bond acceptors (Lipinski definition) is 2. The molecule has 2 heteroatoms. The van der Waals surface area contributed by atoms with E-state index in [4.69, 9.17) is 0 Å². The van der Waals surface area contributed by atoms with Gasteiger partial charge >= 0.3 is 0 Å². The molecule has 0 saturated heterocycles. The average molecular weight is 210 g/mol. The first-order valence-electron chi connectivity index (χ1n) is 6.47. The minimum Gasteiger partial charge on any atom is -0.389 e. The molecular weight excluding hydrogens is 188 g/mol. The maximum Gasteiger partial charge on any atom is 0.138 e. The summed E-state index contributed by atoms with van der Waals surface area (Å²) >= 11 is 0. The Balaban J connectivity index is 2.08. The molecule has 0 heterocycles. The summed E-state index contributed by atoms with van der Waals surface area (Å²) in [5.41, 5.74) is -0.639. The molecule has 1 atom stereocenters. The van der Waals surface area contributed by atoms with E-state index in [-0.39, 0.29) is 5.92 Å². The van der Waals surface area contributed by atoms with Gasteiger partial charge in [-0.05, 0) is 25.7 Å². The van der Waals surface area contributed by atoms with Crippen LogP contribution in [-0.4, -0.2) is 16.5 Å². The molecule has 0 spiro atoms. The Kier molecular flexibility index (Phi) is 3.45. The van der Waals surface area contributed by atoms with E-state index >= 15 is 0 Å². The van der Waals surface area contributed by atoms with Crippen LogP contribution in [0.25, 0.3) is 0 Å². The third-order valence-corrected chi connectivity index (χ3v) is 4.17. The highest BCUT2D eigenvalue weighted by Crippen LogP contribution is 2.39. The van der Waals surface area contributed by atoms with Crippen molar-refractivity contribution >= 4 is 5.78 Å². The highest BCUT2D eigenvalue weighted by Gasteiger charge is 2.41. The predicted octanol–water partition coefficient (Wildman–Crippen LogP) is 2.83. The van der Waals surface area contributed by atoms with Crippen LogP contribution in [0.15, 0.2) is 0 Å². The van der Waals surface area contributed by atoms with E-state index in [1.54, 1.807) is 0 Å². The Morgan fingerprint density at radius 1 is 1.00 bits per heavy atom. The first-order valence-corrected chi connectivity index (χ1v) is 6.47. The van der Waals surface area contributed by atoms with Gasteiger partial charge < -0.3 is 5.11 Å². The molecular formula is C13H22O2. The van der Waals surface area contributed by atoms with Crippen LogP contribution in [0.2, 0.25) is 0 Å². The zero-order chi connectivity index (χ0) is 10.7. The van der Waals surface area contributed by atoms with E-state index in [1.807, 2.05) is 0 Å². The molecule has 2 saturated carbocycles. The van der Waals surface area contributed by atoms with Crippen LogP contribution in [0.1, 0.15) is 64.2 Å². The molecule has 15 heavy (non-hydrogen) atoms. The van der Waals surface area contributed by atoms with Gasteiger partial charge in [-0.15, -0.1) is 0 Å². The third-order valence-electron chi connectivity index (χ3n) is 4.17. The quantitative estimate of drug-likeness (QED) is 0.676. The first-order chi connectivity index (χ1) is 7.22. The zero-order valence-electron chi connectivity index (χ0n) is 9.50. The molecule has 0 aromatic carbocycles. The number of aliphatic hydroxyl groups is 1. The van der Waals surface area contributed by atoms with Crippen LogP contribution in [-0.2, 0) is 4.79 Å². The van der Waals surface area contributed by atoms with Gasteiger partial charge in [0.1, 0.15) is 5.78 Å². The Morgan fingerprint density at radius 3 is 2.40 bits per heavy atom. The second-order valence-electron chi connectivity index (χ2n) is 5.28. The highest BCUT2D eigenvalue weighted by molar-refractivity contribution is 5.82. The van der Waals surface area contributed by atoms with Crippen molar-refractivity contribution in [3.63, 3.8) is 0 Å². The molecule has 1 unspecified atom stereocenters. The normalized spacial score (nSPS) is 32.3. The summed E-state index contributed by atoms with van der Waals surface area (Å²) in [7, 11) is 0. The van der Waals surface area contributed by atoms with Crippen molar-refractivity contribution in [3.8, 4) is 0 Å². The number of Topliss-reactive ketones (excluding diaryl/α,β-unsaturated/α-hetero) is 1. The van der Waals surface area contributed by atoms with E-state index in [0.29, 0.717) is 12.2 Å². The van der Waals surface area contributed by atoms with Crippen molar-refractivity contribution in [2.75, 3.05) is 0 Å². The standard InChI is InChI=1S/C13H22O2/c14-12-8-4-1-3-7-11(12)13(15)9-5-2-6-10-13/h11,15H,1-10H2. The SMILES string of the molecule is O=C1CCCCCC1C1(O)CCCCC1. The predicted molar refractivity (Wildman–Crippen MR) is 59.6 cm³/mol. The van der Waals surface area contributed by atoms with Gasteiger partial charge in [-0.1, -0.05) is 32.1 Å². The second kappa shape index (κ2) is 4.65. The van der Waals surface area contributed by atoms with Gasteiger partial charge in [0.05, 0.1) is 5.60 Å². The Labute approximate surface area is 92.1 Å². The van der Waals surface area contributed by atoms with E-state index in [1.165, 1.54) is 12.8 Å². The number of rotatable bonds is 1. The van der Waals surface area contributed by atoms with Crippen LogP contribution in [0.4, 0.5) is 0 Å². The highest BCUT2D eigenvalue weighted by atomic mass is 16.3. The fourth-order valence-corrected chi connectivity index (χ4v) is 3.24. The minimum atomic E-state index is -0.639. The monoisotopic (exact) mass is 210 g/mol. The van der Waals surface area contributed by atoms with E-state index in [9.17, 15) is 9.90 Å². The van der Waals surface area contributed by atoms with Crippen LogP contribution < -0.4 is 0 Å². The van der Waals surface area contributed by atoms with Gasteiger partial charge in [0.25, 0.3) is 0 Å². The molecule has 0 aliphatic heterocycles. The number of ketones is 1. The maximum absolute atomic E-state index is 12.0. The Hall–Kier alpha value is -0.370. The first kappa shape index (κ1) is 11.1. The van der Waals surface area contributed by atoms with Crippen molar-refractivity contribution in [3.05, 3.63) is 0 Å². The van der Waals surface area contributed by atoms with Crippen molar-refractivity contribution < 1.29 is 9.90 Å². The fraction of sp³-hybridized carbons (Fsp3) is 0.923. The van der Waals surface area contributed by atoms with E-state index < -0.39 is 5.60 Å². The van der Waals surface area contributed by atoms with Crippen molar-refractivity contribution in [1.82, 2.24) is 0 Å². The summed E-state index contributed by atoms with van der Waals surface area (Å²) in [6.45, 7) is 0. The molecule has 2 fully saturated rings. The summed E-state index contributed by atoms with van der Waals surface area (Å²) in [5, 5.41) is 10.6. The lowest BCUT2D eigenvalue weighted by Gasteiger charge is -2.38. The zero-order valence-corrected chi connectivity index (χ0v) is 9.50. The van der Waals surface area contributed by atoms with Crippen LogP contribution in [0, 0.1) is 5.92 Å². The molecule has 0 aromatic heterocycles. The minimum absolute atomic E-state index is 0.0414. The third kappa shape index (κ3) is 2.41. The van der Waals surface area contributed by atoms with Gasteiger partial charge in [-0.2, -0.15) is 0 Å². The van der Waals surface area contributed by atoms with E-state index in [0.717, 1.165) is 44.9 Å². The number of carbonyl (C=O) groups is 1. The molecule has 86 valence electrons. The smallest absolute Gasteiger partial charge is 0.138 e.